The lowest BCUT2D eigenvalue weighted by atomic mass is 9.98. The summed E-state index contributed by atoms with van der Waals surface area (Å²) >= 11 is 1.58. The van der Waals surface area contributed by atoms with Crippen molar-refractivity contribution in [1.29, 1.82) is 0 Å². The van der Waals surface area contributed by atoms with E-state index in [4.69, 9.17) is 4.42 Å². The standard InChI is InChI=1S/C20H23N3O3S2/c24-28(25,18-5-2-1-3-6-18)23-10-8-16(9-11-23)13-21-14-17-15-27-20(22-17)19-7-4-12-26-19/h1-7,12,15-16,21H,8-11,13-14H2. The molecule has 3 aromatic rings. The molecule has 0 unspecified atom stereocenters. The van der Waals surface area contributed by atoms with Gasteiger partial charge < -0.3 is 9.73 Å². The third-order valence-corrected chi connectivity index (χ3v) is 7.80. The molecule has 1 fully saturated rings. The molecule has 0 aliphatic carbocycles. The lowest BCUT2D eigenvalue weighted by molar-refractivity contribution is 0.267. The highest BCUT2D eigenvalue weighted by molar-refractivity contribution is 7.89. The first-order valence-corrected chi connectivity index (χ1v) is 11.7. The Morgan fingerprint density at radius 1 is 1.14 bits per heavy atom. The Morgan fingerprint density at radius 3 is 2.64 bits per heavy atom. The summed E-state index contributed by atoms with van der Waals surface area (Å²) in [5.74, 6) is 1.27. The second-order valence-electron chi connectivity index (χ2n) is 6.91. The van der Waals surface area contributed by atoms with Gasteiger partial charge in [-0.25, -0.2) is 13.4 Å². The van der Waals surface area contributed by atoms with E-state index in [1.165, 1.54) is 0 Å². The van der Waals surface area contributed by atoms with E-state index < -0.39 is 10.0 Å². The monoisotopic (exact) mass is 417 g/mol. The van der Waals surface area contributed by atoms with Crippen LogP contribution >= 0.6 is 11.3 Å². The highest BCUT2D eigenvalue weighted by Gasteiger charge is 2.29. The quantitative estimate of drug-likeness (QED) is 0.636. The Labute approximate surface area is 169 Å². The highest BCUT2D eigenvalue weighted by Crippen LogP contribution is 2.25. The molecule has 0 spiro atoms. The summed E-state index contributed by atoms with van der Waals surface area (Å²) < 4.78 is 32.4. The fraction of sp³-hybridized carbons (Fsp3) is 0.350. The van der Waals surface area contributed by atoms with Crippen molar-refractivity contribution < 1.29 is 12.8 Å². The number of sulfonamides is 1. The van der Waals surface area contributed by atoms with E-state index in [0.29, 0.717) is 30.4 Å². The zero-order valence-corrected chi connectivity index (χ0v) is 17.1. The molecule has 1 N–H and O–H groups in total. The minimum atomic E-state index is -3.37. The molecule has 2 aromatic heterocycles. The first-order chi connectivity index (χ1) is 13.6. The zero-order valence-electron chi connectivity index (χ0n) is 15.5. The first-order valence-electron chi connectivity index (χ1n) is 9.37. The number of benzene rings is 1. The predicted octanol–water partition coefficient (Wildman–Crippen LogP) is 3.59. The number of thiazole rings is 1. The maximum atomic E-state index is 12.7. The van der Waals surface area contributed by atoms with Crippen LogP contribution in [-0.4, -0.2) is 37.3 Å². The molecule has 28 heavy (non-hydrogen) atoms. The van der Waals surface area contributed by atoms with Crippen molar-refractivity contribution in [2.45, 2.75) is 24.3 Å². The van der Waals surface area contributed by atoms with Gasteiger partial charge in [-0.15, -0.1) is 11.3 Å². The van der Waals surface area contributed by atoms with E-state index in [1.807, 2.05) is 23.6 Å². The van der Waals surface area contributed by atoms with Crippen molar-refractivity contribution in [2.75, 3.05) is 19.6 Å². The van der Waals surface area contributed by atoms with Crippen molar-refractivity contribution in [3.63, 3.8) is 0 Å². The second kappa shape index (κ2) is 8.57. The minimum absolute atomic E-state index is 0.377. The van der Waals surface area contributed by atoms with Crippen molar-refractivity contribution in [1.82, 2.24) is 14.6 Å². The molecule has 3 heterocycles. The van der Waals surface area contributed by atoms with Crippen LogP contribution < -0.4 is 5.32 Å². The van der Waals surface area contributed by atoms with E-state index in [1.54, 1.807) is 46.2 Å². The highest BCUT2D eigenvalue weighted by atomic mass is 32.2. The van der Waals surface area contributed by atoms with Gasteiger partial charge >= 0.3 is 0 Å². The van der Waals surface area contributed by atoms with Crippen LogP contribution in [0, 0.1) is 5.92 Å². The van der Waals surface area contributed by atoms with Gasteiger partial charge in [-0.2, -0.15) is 4.31 Å². The number of furan rings is 1. The maximum absolute atomic E-state index is 12.7. The number of nitrogens with one attached hydrogen (secondary N) is 1. The summed E-state index contributed by atoms with van der Waals surface area (Å²) in [6.07, 6.45) is 3.39. The molecule has 1 saturated heterocycles. The van der Waals surface area contributed by atoms with Crippen molar-refractivity contribution >= 4 is 21.4 Å². The summed E-state index contributed by atoms with van der Waals surface area (Å²) in [6.45, 7) is 2.72. The third-order valence-electron chi connectivity index (χ3n) is 4.98. The molecule has 0 atom stereocenters. The lowest BCUT2D eigenvalue weighted by Gasteiger charge is -2.31. The molecule has 4 rings (SSSR count). The van der Waals surface area contributed by atoms with E-state index in [-0.39, 0.29) is 0 Å². The van der Waals surface area contributed by atoms with E-state index in [2.05, 4.69) is 10.3 Å². The number of rotatable bonds is 7. The summed E-state index contributed by atoms with van der Waals surface area (Å²) in [6, 6.07) is 12.4. The summed E-state index contributed by atoms with van der Waals surface area (Å²) in [5, 5.41) is 6.39. The molecule has 0 radical (unpaired) electrons. The number of hydrogen-bond donors (Lipinski definition) is 1. The molecule has 1 aliphatic rings. The Kier molecular flexibility index (Phi) is 5.91. The molecule has 0 amide bonds. The van der Waals surface area contributed by atoms with Crippen LogP contribution in [0.2, 0.25) is 0 Å². The van der Waals surface area contributed by atoms with Gasteiger partial charge in [0.05, 0.1) is 16.9 Å². The van der Waals surface area contributed by atoms with Crippen LogP contribution in [0.3, 0.4) is 0 Å². The molecule has 6 nitrogen and oxygen atoms in total. The minimum Gasteiger partial charge on any atom is -0.462 e. The SMILES string of the molecule is O=S(=O)(c1ccccc1)N1CCC(CNCc2csc(-c3ccco3)n2)CC1. The fourth-order valence-corrected chi connectivity index (χ4v) is 5.68. The average molecular weight is 418 g/mol. The summed E-state index contributed by atoms with van der Waals surface area (Å²) in [7, 11) is -3.37. The number of aromatic nitrogens is 1. The van der Waals surface area contributed by atoms with Gasteiger partial charge in [-0.1, -0.05) is 18.2 Å². The fourth-order valence-electron chi connectivity index (χ4n) is 3.40. The largest absolute Gasteiger partial charge is 0.462 e. The molecule has 8 heteroatoms. The number of piperidine rings is 1. The van der Waals surface area contributed by atoms with Gasteiger partial charge in [-0.05, 0) is 49.6 Å². The molecular weight excluding hydrogens is 394 g/mol. The van der Waals surface area contributed by atoms with E-state index >= 15 is 0 Å². The zero-order chi connectivity index (χ0) is 19.4. The maximum Gasteiger partial charge on any atom is 0.243 e. The predicted molar refractivity (Wildman–Crippen MR) is 109 cm³/mol. The number of hydrogen-bond acceptors (Lipinski definition) is 6. The smallest absolute Gasteiger partial charge is 0.243 e. The molecule has 0 saturated carbocycles. The van der Waals surface area contributed by atoms with Gasteiger partial charge in [0.25, 0.3) is 0 Å². The van der Waals surface area contributed by atoms with Crippen LogP contribution in [0.25, 0.3) is 10.8 Å². The van der Waals surface area contributed by atoms with Crippen LogP contribution in [0.4, 0.5) is 0 Å². The first kappa shape index (κ1) is 19.3. The Morgan fingerprint density at radius 2 is 1.93 bits per heavy atom. The van der Waals surface area contributed by atoms with Gasteiger partial charge in [0, 0.05) is 25.0 Å². The molecule has 0 bridgehead atoms. The van der Waals surface area contributed by atoms with Gasteiger partial charge in [-0.3, -0.25) is 0 Å². The molecule has 1 aliphatic heterocycles. The topological polar surface area (TPSA) is 75.4 Å². The molecular formula is C20H23N3O3S2. The Hall–Kier alpha value is -2.00. The van der Waals surface area contributed by atoms with E-state index in [9.17, 15) is 8.42 Å². The Bertz CT molecular complexity index is 977. The Balaban J connectivity index is 1.24. The van der Waals surface area contributed by atoms with E-state index in [0.717, 1.165) is 35.8 Å². The number of nitrogens with zero attached hydrogens (tertiary/aromatic N) is 2. The van der Waals surface area contributed by atoms with Gasteiger partial charge in [0.2, 0.25) is 10.0 Å². The summed E-state index contributed by atoms with van der Waals surface area (Å²) in [4.78, 5) is 4.97. The normalized spacial score (nSPS) is 16.4. The molecule has 1 aromatic carbocycles. The van der Waals surface area contributed by atoms with Crippen molar-refractivity contribution in [3.8, 4) is 10.8 Å². The van der Waals surface area contributed by atoms with Crippen molar-refractivity contribution in [3.05, 3.63) is 59.8 Å². The van der Waals surface area contributed by atoms with Crippen molar-refractivity contribution in [2.24, 2.45) is 5.92 Å². The third kappa shape index (κ3) is 4.35. The van der Waals surface area contributed by atoms with Crippen LogP contribution in [0.1, 0.15) is 18.5 Å². The van der Waals surface area contributed by atoms with Gasteiger partial charge in [0.1, 0.15) is 0 Å². The molecule has 148 valence electrons. The summed E-state index contributed by atoms with van der Waals surface area (Å²) in [5.41, 5.74) is 1.00. The van der Waals surface area contributed by atoms with Gasteiger partial charge in [0.15, 0.2) is 10.8 Å². The average Bonchev–Trinajstić information content (AvgIpc) is 3.41. The second-order valence-corrected chi connectivity index (χ2v) is 9.71. The van der Waals surface area contributed by atoms with Crippen LogP contribution in [0.15, 0.2) is 63.4 Å². The van der Waals surface area contributed by atoms with Crippen LogP contribution in [0.5, 0.6) is 0 Å². The lowest BCUT2D eigenvalue weighted by Crippen LogP contribution is -2.40. The van der Waals surface area contributed by atoms with Crippen LogP contribution in [-0.2, 0) is 16.6 Å².